The molecule has 0 aromatic heterocycles. The molecule has 1 N–H and O–H groups in total. The van der Waals surface area contributed by atoms with Crippen molar-refractivity contribution < 1.29 is 19.0 Å². The third kappa shape index (κ3) is 4.73. The van der Waals surface area contributed by atoms with E-state index in [0.29, 0.717) is 26.0 Å². The lowest BCUT2D eigenvalue weighted by Crippen LogP contribution is -2.23. The van der Waals surface area contributed by atoms with Crippen molar-refractivity contribution in [3.63, 3.8) is 0 Å². The molecule has 27 heavy (non-hydrogen) atoms. The maximum absolute atomic E-state index is 12.3. The van der Waals surface area contributed by atoms with Crippen LogP contribution in [0, 0.1) is 0 Å². The number of hydrogen-bond acceptors (Lipinski definition) is 4. The average Bonchev–Trinajstić information content (AvgIpc) is 3.03. The van der Waals surface area contributed by atoms with Crippen LogP contribution in [0.2, 0.25) is 0 Å². The number of amides is 1. The second-order valence-electron chi connectivity index (χ2n) is 6.72. The summed E-state index contributed by atoms with van der Waals surface area (Å²) in [5.74, 6) is 2.52. The van der Waals surface area contributed by atoms with Crippen molar-refractivity contribution in [3.05, 3.63) is 53.1 Å². The van der Waals surface area contributed by atoms with Gasteiger partial charge in [-0.15, -0.1) is 0 Å². The molecule has 144 valence electrons. The molecule has 0 fully saturated rings. The highest BCUT2D eigenvalue weighted by Crippen LogP contribution is 2.35. The number of aryl methyl sites for hydroxylation is 1. The first-order chi connectivity index (χ1) is 13.1. The topological polar surface area (TPSA) is 56.8 Å². The maximum atomic E-state index is 12.3. The Balaban J connectivity index is 1.60. The van der Waals surface area contributed by atoms with Gasteiger partial charge in [-0.25, -0.2) is 0 Å². The zero-order valence-electron chi connectivity index (χ0n) is 16.2. The van der Waals surface area contributed by atoms with E-state index in [-0.39, 0.29) is 12.0 Å². The van der Waals surface area contributed by atoms with Crippen molar-refractivity contribution in [2.24, 2.45) is 0 Å². The van der Waals surface area contributed by atoms with Gasteiger partial charge in [-0.05, 0) is 44.0 Å². The van der Waals surface area contributed by atoms with Crippen LogP contribution < -0.4 is 19.5 Å². The number of benzene rings is 2. The first kappa shape index (κ1) is 19.1. The quantitative estimate of drug-likeness (QED) is 0.771. The normalized spacial score (nSPS) is 15.0. The summed E-state index contributed by atoms with van der Waals surface area (Å²) in [7, 11) is 1.64. The Bertz CT molecular complexity index is 803. The Kier molecular flexibility index (Phi) is 6.22. The smallest absolute Gasteiger partial charge is 0.220 e. The highest BCUT2D eigenvalue weighted by molar-refractivity contribution is 5.76. The number of ether oxygens (including phenoxy) is 3. The zero-order chi connectivity index (χ0) is 19.2. The summed E-state index contributed by atoms with van der Waals surface area (Å²) in [6, 6.07) is 11.8. The van der Waals surface area contributed by atoms with Gasteiger partial charge in [-0.3, -0.25) is 4.79 Å². The third-order valence-corrected chi connectivity index (χ3v) is 4.67. The average molecular weight is 369 g/mol. The van der Waals surface area contributed by atoms with Gasteiger partial charge in [0.2, 0.25) is 5.91 Å². The summed E-state index contributed by atoms with van der Waals surface area (Å²) < 4.78 is 16.9. The number of carbonyl (C=O) groups is 1. The minimum Gasteiger partial charge on any atom is -0.496 e. The number of methoxy groups -OCH3 is 1. The predicted molar refractivity (Wildman–Crippen MR) is 105 cm³/mol. The predicted octanol–water partition coefficient (Wildman–Crippen LogP) is 3.67. The van der Waals surface area contributed by atoms with E-state index < -0.39 is 0 Å². The van der Waals surface area contributed by atoms with Crippen LogP contribution in [-0.4, -0.2) is 25.7 Å². The van der Waals surface area contributed by atoms with Crippen LogP contribution in [0.5, 0.6) is 17.2 Å². The summed E-state index contributed by atoms with van der Waals surface area (Å²) in [4.78, 5) is 12.3. The molecule has 3 rings (SSSR count). The Morgan fingerprint density at radius 2 is 2.04 bits per heavy atom. The standard InChI is InChI=1S/C22H27NO4/c1-4-26-20-12-17-11-15(2)27-21(17)13-18(20)14-23-22(24)10-9-16-7-5-6-8-19(16)25-3/h5-8,12-13,15H,4,9-11,14H2,1-3H3,(H,23,24)/t15-/m1/s1. The molecule has 1 aliphatic rings. The number of rotatable bonds is 8. The minimum atomic E-state index is -0.00172. The van der Waals surface area contributed by atoms with Crippen molar-refractivity contribution in [1.29, 1.82) is 0 Å². The molecule has 5 heteroatoms. The first-order valence-electron chi connectivity index (χ1n) is 9.44. The molecule has 2 aromatic carbocycles. The van der Waals surface area contributed by atoms with E-state index in [1.54, 1.807) is 7.11 Å². The highest BCUT2D eigenvalue weighted by atomic mass is 16.5. The summed E-state index contributed by atoms with van der Waals surface area (Å²) in [5, 5.41) is 2.99. The van der Waals surface area contributed by atoms with Crippen LogP contribution in [0.15, 0.2) is 36.4 Å². The van der Waals surface area contributed by atoms with Crippen molar-refractivity contribution in [1.82, 2.24) is 5.32 Å². The fourth-order valence-corrected chi connectivity index (χ4v) is 3.35. The van der Waals surface area contributed by atoms with Crippen molar-refractivity contribution in [2.45, 2.75) is 45.8 Å². The molecule has 0 saturated carbocycles. The zero-order valence-corrected chi connectivity index (χ0v) is 16.2. The summed E-state index contributed by atoms with van der Waals surface area (Å²) >= 11 is 0. The van der Waals surface area contributed by atoms with E-state index in [9.17, 15) is 4.79 Å². The fraction of sp³-hybridized carbons (Fsp3) is 0.409. The van der Waals surface area contributed by atoms with Crippen molar-refractivity contribution in [3.8, 4) is 17.2 Å². The van der Waals surface area contributed by atoms with Gasteiger partial charge in [0.25, 0.3) is 0 Å². The molecule has 0 saturated heterocycles. The van der Waals surface area contributed by atoms with Crippen LogP contribution >= 0.6 is 0 Å². The lowest BCUT2D eigenvalue weighted by atomic mass is 10.1. The van der Waals surface area contributed by atoms with Crippen molar-refractivity contribution >= 4 is 5.91 Å². The summed E-state index contributed by atoms with van der Waals surface area (Å²) in [5.41, 5.74) is 3.14. The minimum absolute atomic E-state index is 0.00172. The molecular weight excluding hydrogens is 342 g/mol. The summed E-state index contributed by atoms with van der Waals surface area (Å²) in [6.07, 6.45) is 2.11. The van der Waals surface area contributed by atoms with E-state index in [2.05, 4.69) is 12.2 Å². The maximum Gasteiger partial charge on any atom is 0.220 e. The molecule has 1 heterocycles. The van der Waals surface area contributed by atoms with Gasteiger partial charge in [-0.1, -0.05) is 18.2 Å². The van der Waals surface area contributed by atoms with E-state index in [0.717, 1.165) is 40.4 Å². The van der Waals surface area contributed by atoms with E-state index in [1.165, 1.54) is 0 Å². The van der Waals surface area contributed by atoms with Crippen molar-refractivity contribution in [2.75, 3.05) is 13.7 Å². The molecule has 1 aliphatic heterocycles. The van der Waals surface area contributed by atoms with E-state index in [1.807, 2.05) is 43.3 Å². The third-order valence-electron chi connectivity index (χ3n) is 4.67. The largest absolute Gasteiger partial charge is 0.496 e. The van der Waals surface area contributed by atoms with E-state index >= 15 is 0 Å². The van der Waals surface area contributed by atoms with E-state index in [4.69, 9.17) is 14.2 Å². The second-order valence-corrected chi connectivity index (χ2v) is 6.72. The Morgan fingerprint density at radius 3 is 2.81 bits per heavy atom. The molecule has 5 nitrogen and oxygen atoms in total. The molecule has 1 amide bonds. The summed E-state index contributed by atoms with van der Waals surface area (Å²) in [6.45, 7) is 5.02. The van der Waals surface area contributed by atoms with Gasteiger partial charge in [-0.2, -0.15) is 0 Å². The lowest BCUT2D eigenvalue weighted by molar-refractivity contribution is -0.121. The highest BCUT2D eigenvalue weighted by Gasteiger charge is 2.22. The number of para-hydroxylation sites is 1. The number of fused-ring (bicyclic) bond motifs is 1. The molecular formula is C22H27NO4. The van der Waals surface area contributed by atoms with Gasteiger partial charge >= 0.3 is 0 Å². The molecule has 0 spiro atoms. The van der Waals surface area contributed by atoms with Crippen LogP contribution in [0.1, 0.15) is 37.0 Å². The Hall–Kier alpha value is -2.69. The molecule has 0 bridgehead atoms. The number of nitrogens with one attached hydrogen (secondary N) is 1. The van der Waals surface area contributed by atoms with Crippen LogP contribution in [-0.2, 0) is 24.2 Å². The van der Waals surface area contributed by atoms with Gasteiger partial charge in [0.05, 0.1) is 13.7 Å². The monoisotopic (exact) mass is 369 g/mol. The molecule has 0 aliphatic carbocycles. The van der Waals surface area contributed by atoms with Gasteiger partial charge in [0, 0.05) is 30.5 Å². The lowest BCUT2D eigenvalue weighted by Gasteiger charge is -2.13. The Morgan fingerprint density at radius 1 is 1.22 bits per heavy atom. The SMILES string of the molecule is CCOc1cc2c(cc1CNC(=O)CCc1ccccc1OC)O[C@H](C)C2. The second kappa shape index (κ2) is 8.80. The molecule has 0 radical (unpaired) electrons. The molecule has 2 aromatic rings. The number of carbonyl (C=O) groups excluding carboxylic acids is 1. The van der Waals surface area contributed by atoms with Crippen LogP contribution in [0.3, 0.4) is 0 Å². The van der Waals surface area contributed by atoms with Crippen LogP contribution in [0.4, 0.5) is 0 Å². The van der Waals surface area contributed by atoms with Gasteiger partial charge < -0.3 is 19.5 Å². The fourth-order valence-electron chi connectivity index (χ4n) is 3.35. The number of hydrogen-bond donors (Lipinski definition) is 1. The van der Waals surface area contributed by atoms with Crippen LogP contribution in [0.25, 0.3) is 0 Å². The molecule has 0 unspecified atom stereocenters. The van der Waals surface area contributed by atoms with Gasteiger partial charge in [0.1, 0.15) is 23.4 Å². The Labute approximate surface area is 160 Å². The first-order valence-corrected chi connectivity index (χ1v) is 9.44. The molecule has 1 atom stereocenters. The van der Waals surface area contributed by atoms with Gasteiger partial charge in [0.15, 0.2) is 0 Å².